The lowest BCUT2D eigenvalue weighted by Crippen LogP contribution is -2.30. The first-order valence-corrected chi connectivity index (χ1v) is 8.65. The molecule has 7 heteroatoms. The molecule has 0 unspecified atom stereocenters. The third-order valence-corrected chi connectivity index (χ3v) is 4.61. The number of hydrogen-bond donors (Lipinski definition) is 2. The van der Waals surface area contributed by atoms with Crippen molar-refractivity contribution in [2.24, 2.45) is 0 Å². The molecule has 0 spiro atoms. The number of aryl methyl sites for hydroxylation is 2. The molecule has 2 heterocycles. The lowest BCUT2D eigenvalue weighted by Gasteiger charge is -2.13. The lowest BCUT2D eigenvalue weighted by atomic mass is 10.0. The Kier molecular flexibility index (Phi) is 5.16. The van der Waals surface area contributed by atoms with Crippen molar-refractivity contribution in [2.45, 2.75) is 39.5 Å². The summed E-state index contributed by atoms with van der Waals surface area (Å²) in [4.78, 5) is 24.4. The third-order valence-electron chi connectivity index (χ3n) is 4.61. The lowest BCUT2D eigenvalue weighted by molar-refractivity contribution is -0.122. The van der Waals surface area contributed by atoms with E-state index in [0.717, 1.165) is 29.9 Å². The van der Waals surface area contributed by atoms with Crippen molar-refractivity contribution in [3.63, 3.8) is 0 Å². The van der Waals surface area contributed by atoms with Gasteiger partial charge in [-0.3, -0.25) is 9.59 Å². The second kappa shape index (κ2) is 7.51. The molecular weight excluding hydrogens is 332 g/mol. The van der Waals surface area contributed by atoms with Crippen LogP contribution in [-0.4, -0.2) is 27.8 Å². The minimum Gasteiger partial charge on any atom is -0.361 e. The summed E-state index contributed by atoms with van der Waals surface area (Å²) in [5.41, 5.74) is 2.31. The van der Waals surface area contributed by atoms with Gasteiger partial charge in [-0.05, 0) is 39.7 Å². The number of rotatable bonds is 6. The Morgan fingerprint density at radius 3 is 2.69 bits per heavy atom. The molecule has 1 aromatic carbocycles. The Balaban J connectivity index is 1.64. The summed E-state index contributed by atoms with van der Waals surface area (Å²) in [5.74, 6) is 0.246. The van der Waals surface area contributed by atoms with Crippen molar-refractivity contribution in [1.82, 2.24) is 20.7 Å². The van der Waals surface area contributed by atoms with Gasteiger partial charge in [0, 0.05) is 17.5 Å². The molecule has 136 valence electrons. The molecule has 0 radical (unpaired) electrons. The Morgan fingerprint density at radius 1 is 1.27 bits per heavy atom. The molecule has 0 aliphatic heterocycles. The molecule has 0 bridgehead atoms. The molecule has 2 N–H and O–H groups in total. The Labute approximate surface area is 150 Å². The number of aromatic nitrogens is 3. The van der Waals surface area contributed by atoms with E-state index < -0.39 is 5.92 Å². The van der Waals surface area contributed by atoms with E-state index in [1.54, 1.807) is 19.1 Å². The molecule has 1 atom stereocenters. The number of aromatic amines is 1. The van der Waals surface area contributed by atoms with E-state index in [0.29, 0.717) is 23.0 Å². The second-order valence-electron chi connectivity index (χ2n) is 6.40. The molecule has 0 saturated heterocycles. The van der Waals surface area contributed by atoms with Gasteiger partial charge in [-0.2, -0.15) is 5.10 Å². The van der Waals surface area contributed by atoms with Crippen LogP contribution in [-0.2, 0) is 11.2 Å². The van der Waals surface area contributed by atoms with Gasteiger partial charge in [0.2, 0.25) is 5.91 Å². The summed E-state index contributed by atoms with van der Waals surface area (Å²) in [5, 5.41) is 14.7. The van der Waals surface area contributed by atoms with Gasteiger partial charge in [0.1, 0.15) is 5.76 Å². The number of H-pyrrole nitrogens is 1. The van der Waals surface area contributed by atoms with Crippen molar-refractivity contribution in [3.8, 4) is 0 Å². The normalized spacial score (nSPS) is 12.3. The van der Waals surface area contributed by atoms with Crippen LogP contribution in [0.5, 0.6) is 0 Å². The van der Waals surface area contributed by atoms with Crippen LogP contribution in [0.4, 0.5) is 0 Å². The van der Waals surface area contributed by atoms with E-state index in [2.05, 4.69) is 20.7 Å². The molecule has 0 fully saturated rings. The van der Waals surface area contributed by atoms with Gasteiger partial charge in [-0.15, -0.1) is 0 Å². The standard InChI is InChI=1S/C19H22N4O3/c1-11(17-15-7-4-5-8-16(15)19(25)22-21-17)18(24)20-10-6-9-14-12(2)23-26-13(14)3/h4-5,7-8,11H,6,9-10H2,1-3H3,(H,20,24)(H,22,25)/t11-/m1/s1. The monoisotopic (exact) mass is 354 g/mol. The minimum absolute atomic E-state index is 0.117. The molecule has 0 aliphatic rings. The molecule has 1 amide bonds. The SMILES string of the molecule is Cc1noc(C)c1CCCNC(=O)[C@H](C)c1n[nH]c(=O)c2ccccc12. The maximum atomic E-state index is 12.5. The summed E-state index contributed by atoms with van der Waals surface area (Å²) in [6.45, 7) is 6.15. The van der Waals surface area contributed by atoms with Crippen LogP contribution >= 0.6 is 0 Å². The molecule has 3 rings (SSSR count). The van der Waals surface area contributed by atoms with Gasteiger partial charge >= 0.3 is 0 Å². The van der Waals surface area contributed by atoms with Gasteiger partial charge in [-0.1, -0.05) is 23.4 Å². The number of hydrogen-bond acceptors (Lipinski definition) is 5. The number of benzene rings is 1. The number of carbonyl (C=O) groups is 1. The number of carbonyl (C=O) groups excluding carboxylic acids is 1. The average Bonchev–Trinajstić information content (AvgIpc) is 2.97. The van der Waals surface area contributed by atoms with Gasteiger partial charge in [0.05, 0.1) is 22.7 Å². The van der Waals surface area contributed by atoms with Crippen molar-refractivity contribution >= 4 is 16.7 Å². The Bertz CT molecular complexity index is 970. The first-order chi connectivity index (χ1) is 12.5. The van der Waals surface area contributed by atoms with Crippen LogP contribution in [0, 0.1) is 13.8 Å². The smallest absolute Gasteiger partial charge is 0.272 e. The maximum absolute atomic E-state index is 12.5. The van der Waals surface area contributed by atoms with Gasteiger partial charge in [0.15, 0.2) is 0 Å². The zero-order valence-corrected chi connectivity index (χ0v) is 15.1. The van der Waals surface area contributed by atoms with Gasteiger partial charge in [-0.25, -0.2) is 5.10 Å². The number of amides is 1. The Morgan fingerprint density at radius 2 is 2.00 bits per heavy atom. The van der Waals surface area contributed by atoms with Crippen molar-refractivity contribution in [1.29, 1.82) is 0 Å². The predicted octanol–water partition coefficient (Wildman–Crippen LogP) is 2.38. The fourth-order valence-corrected chi connectivity index (χ4v) is 3.08. The van der Waals surface area contributed by atoms with Gasteiger partial charge < -0.3 is 9.84 Å². The summed E-state index contributed by atoms with van der Waals surface area (Å²) in [6, 6.07) is 7.17. The topological polar surface area (TPSA) is 101 Å². The first kappa shape index (κ1) is 17.8. The average molecular weight is 354 g/mol. The van der Waals surface area contributed by atoms with Crippen molar-refractivity contribution < 1.29 is 9.32 Å². The zero-order chi connectivity index (χ0) is 18.7. The van der Waals surface area contributed by atoms with Crippen LogP contribution in [0.15, 0.2) is 33.6 Å². The van der Waals surface area contributed by atoms with E-state index in [1.807, 2.05) is 26.0 Å². The second-order valence-corrected chi connectivity index (χ2v) is 6.40. The van der Waals surface area contributed by atoms with E-state index in [9.17, 15) is 9.59 Å². The van der Waals surface area contributed by atoms with Crippen LogP contribution in [0.25, 0.3) is 10.8 Å². The highest BCUT2D eigenvalue weighted by atomic mass is 16.5. The molecule has 3 aromatic rings. The van der Waals surface area contributed by atoms with E-state index in [1.165, 1.54) is 0 Å². The molecule has 7 nitrogen and oxygen atoms in total. The van der Waals surface area contributed by atoms with Gasteiger partial charge in [0.25, 0.3) is 5.56 Å². The van der Waals surface area contributed by atoms with Crippen molar-refractivity contribution in [2.75, 3.05) is 6.54 Å². The van der Waals surface area contributed by atoms with Crippen LogP contribution in [0.2, 0.25) is 0 Å². The predicted molar refractivity (Wildman–Crippen MR) is 98.1 cm³/mol. The van der Waals surface area contributed by atoms with Crippen molar-refractivity contribution in [3.05, 3.63) is 57.3 Å². The molecule has 0 aliphatic carbocycles. The van der Waals surface area contributed by atoms with E-state index in [-0.39, 0.29) is 11.5 Å². The molecule has 2 aromatic heterocycles. The third kappa shape index (κ3) is 3.51. The fraction of sp³-hybridized carbons (Fsp3) is 0.368. The summed E-state index contributed by atoms with van der Waals surface area (Å²) >= 11 is 0. The fourth-order valence-electron chi connectivity index (χ4n) is 3.08. The maximum Gasteiger partial charge on any atom is 0.272 e. The molecule has 26 heavy (non-hydrogen) atoms. The summed E-state index contributed by atoms with van der Waals surface area (Å²) in [6.07, 6.45) is 1.59. The minimum atomic E-state index is -0.462. The number of nitrogens with one attached hydrogen (secondary N) is 2. The summed E-state index contributed by atoms with van der Waals surface area (Å²) in [7, 11) is 0. The highest BCUT2D eigenvalue weighted by Gasteiger charge is 2.20. The number of fused-ring (bicyclic) bond motifs is 1. The number of nitrogens with zero attached hydrogens (tertiary/aromatic N) is 2. The highest BCUT2D eigenvalue weighted by molar-refractivity contribution is 5.90. The zero-order valence-electron chi connectivity index (χ0n) is 15.1. The van der Waals surface area contributed by atoms with Crippen LogP contribution < -0.4 is 10.9 Å². The largest absolute Gasteiger partial charge is 0.361 e. The quantitative estimate of drug-likeness (QED) is 0.662. The van der Waals surface area contributed by atoms with Crippen LogP contribution in [0.3, 0.4) is 0 Å². The van der Waals surface area contributed by atoms with E-state index in [4.69, 9.17) is 4.52 Å². The molecular formula is C19H22N4O3. The first-order valence-electron chi connectivity index (χ1n) is 8.65. The summed E-state index contributed by atoms with van der Waals surface area (Å²) < 4.78 is 5.15. The highest BCUT2D eigenvalue weighted by Crippen LogP contribution is 2.21. The van der Waals surface area contributed by atoms with Crippen LogP contribution in [0.1, 0.15) is 42.0 Å². The Hall–Kier alpha value is -2.96. The molecule has 0 saturated carbocycles. The van der Waals surface area contributed by atoms with E-state index >= 15 is 0 Å².